The van der Waals surface area contributed by atoms with Crippen molar-refractivity contribution in [2.75, 3.05) is 5.32 Å². The molecule has 0 aliphatic heterocycles. The van der Waals surface area contributed by atoms with Crippen LogP contribution in [-0.4, -0.2) is 21.4 Å². The van der Waals surface area contributed by atoms with Gasteiger partial charge in [-0.25, -0.2) is 9.37 Å². The van der Waals surface area contributed by atoms with Crippen molar-refractivity contribution in [3.8, 4) is 5.75 Å². The second kappa shape index (κ2) is 6.95. The van der Waals surface area contributed by atoms with Crippen molar-refractivity contribution in [2.45, 2.75) is 26.9 Å². The number of carbonyl (C=O) groups excluding carboxylic acids is 1. The maximum Gasteiger partial charge on any atom is 0.281 e. The van der Waals surface area contributed by atoms with Gasteiger partial charge in [0.1, 0.15) is 11.3 Å². The summed E-state index contributed by atoms with van der Waals surface area (Å²) in [5.74, 6) is -1.16. The van der Waals surface area contributed by atoms with Crippen molar-refractivity contribution >= 4 is 17.2 Å². The Kier molecular flexibility index (Phi) is 4.71. The van der Waals surface area contributed by atoms with Gasteiger partial charge in [0, 0.05) is 6.20 Å². The zero-order valence-corrected chi connectivity index (χ0v) is 14.6. The predicted octanol–water partition coefficient (Wildman–Crippen LogP) is 2.86. The average molecular weight is 355 g/mol. The molecule has 2 aromatic heterocycles. The van der Waals surface area contributed by atoms with Crippen LogP contribution in [0.3, 0.4) is 0 Å². The van der Waals surface area contributed by atoms with E-state index in [9.17, 15) is 14.0 Å². The van der Waals surface area contributed by atoms with Gasteiger partial charge in [0.05, 0.1) is 5.69 Å². The van der Waals surface area contributed by atoms with Crippen LogP contribution in [-0.2, 0) is 4.79 Å². The van der Waals surface area contributed by atoms with Gasteiger partial charge in [-0.15, -0.1) is 0 Å². The van der Waals surface area contributed by atoms with E-state index in [1.54, 1.807) is 25.3 Å². The second-order valence-electron chi connectivity index (χ2n) is 5.99. The number of carbonyl (C=O) groups is 1. The van der Waals surface area contributed by atoms with Gasteiger partial charge in [0.25, 0.3) is 11.5 Å². The lowest BCUT2D eigenvalue weighted by molar-refractivity contribution is -0.122. The van der Waals surface area contributed by atoms with E-state index in [1.807, 2.05) is 13.0 Å². The summed E-state index contributed by atoms with van der Waals surface area (Å²) in [6.07, 6.45) is 0.655. The van der Waals surface area contributed by atoms with Gasteiger partial charge in [0.15, 0.2) is 17.7 Å². The molecule has 3 aromatic rings. The fourth-order valence-corrected chi connectivity index (χ4v) is 2.51. The van der Waals surface area contributed by atoms with Gasteiger partial charge in [-0.05, 0) is 44.5 Å². The summed E-state index contributed by atoms with van der Waals surface area (Å²) < 4.78 is 20.4. The van der Waals surface area contributed by atoms with Crippen LogP contribution in [0.2, 0.25) is 0 Å². The number of pyridine rings is 1. The fourth-order valence-electron chi connectivity index (χ4n) is 2.51. The zero-order valence-electron chi connectivity index (χ0n) is 14.6. The SMILES string of the molecule is Cc1ccc2nc(C)c(NC(=O)C(C)Oc3ccccc3F)c(=O)n2c1. The summed E-state index contributed by atoms with van der Waals surface area (Å²) in [5.41, 5.74) is 1.46. The largest absolute Gasteiger partial charge is 0.478 e. The Morgan fingerprint density at radius 3 is 2.69 bits per heavy atom. The van der Waals surface area contributed by atoms with Gasteiger partial charge < -0.3 is 10.1 Å². The molecule has 134 valence electrons. The molecule has 1 aromatic carbocycles. The lowest BCUT2D eigenvalue weighted by Crippen LogP contribution is -2.34. The maximum atomic E-state index is 13.7. The molecule has 0 radical (unpaired) electrons. The minimum atomic E-state index is -0.996. The number of nitrogens with zero attached hydrogens (tertiary/aromatic N) is 2. The number of anilines is 1. The van der Waals surface area contributed by atoms with Crippen LogP contribution < -0.4 is 15.6 Å². The first kappa shape index (κ1) is 17.6. The molecule has 2 heterocycles. The van der Waals surface area contributed by atoms with E-state index < -0.39 is 17.8 Å². The quantitative estimate of drug-likeness (QED) is 0.781. The molecule has 1 N–H and O–H groups in total. The summed E-state index contributed by atoms with van der Waals surface area (Å²) >= 11 is 0. The Balaban J connectivity index is 1.87. The van der Waals surface area contributed by atoms with Crippen LogP contribution in [0.5, 0.6) is 5.75 Å². The number of fused-ring (bicyclic) bond motifs is 1. The molecule has 0 saturated carbocycles. The summed E-state index contributed by atoms with van der Waals surface area (Å²) in [6, 6.07) is 9.39. The van der Waals surface area contributed by atoms with E-state index >= 15 is 0 Å². The molecule has 0 saturated heterocycles. The van der Waals surface area contributed by atoms with Crippen LogP contribution in [0.4, 0.5) is 10.1 Å². The highest BCUT2D eigenvalue weighted by Crippen LogP contribution is 2.18. The third-order valence-corrected chi connectivity index (χ3v) is 3.91. The maximum absolute atomic E-state index is 13.7. The lowest BCUT2D eigenvalue weighted by atomic mass is 10.2. The number of para-hydroxylation sites is 1. The predicted molar refractivity (Wildman–Crippen MR) is 96.1 cm³/mol. The van der Waals surface area contributed by atoms with Gasteiger partial charge in [-0.3, -0.25) is 14.0 Å². The number of hydrogen-bond acceptors (Lipinski definition) is 4. The molecule has 26 heavy (non-hydrogen) atoms. The van der Waals surface area contributed by atoms with Crippen LogP contribution in [0.15, 0.2) is 47.4 Å². The highest BCUT2D eigenvalue weighted by Gasteiger charge is 2.20. The normalized spacial score (nSPS) is 12.0. The molecule has 1 amide bonds. The highest BCUT2D eigenvalue weighted by atomic mass is 19.1. The number of benzene rings is 1. The van der Waals surface area contributed by atoms with E-state index in [2.05, 4.69) is 10.3 Å². The highest BCUT2D eigenvalue weighted by molar-refractivity contribution is 5.94. The molecule has 0 aliphatic rings. The summed E-state index contributed by atoms with van der Waals surface area (Å²) in [4.78, 5) is 29.4. The Bertz CT molecular complexity index is 1050. The molecule has 0 aliphatic carbocycles. The molecule has 0 fully saturated rings. The molecule has 3 rings (SSSR count). The Morgan fingerprint density at radius 1 is 1.23 bits per heavy atom. The van der Waals surface area contributed by atoms with Crippen molar-refractivity contribution in [1.29, 1.82) is 0 Å². The first-order valence-corrected chi connectivity index (χ1v) is 8.08. The van der Waals surface area contributed by atoms with E-state index in [0.29, 0.717) is 11.3 Å². The van der Waals surface area contributed by atoms with Gasteiger partial charge in [-0.2, -0.15) is 0 Å². The minimum Gasteiger partial charge on any atom is -0.478 e. The Hall–Kier alpha value is -3.22. The van der Waals surface area contributed by atoms with Crippen molar-refractivity contribution in [3.05, 3.63) is 70.0 Å². The van der Waals surface area contributed by atoms with Gasteiger partial charge in [-0.1, -0.05) is 18.2 Å². The number of hydrogen-bond donors (Lipinski definition) is 1. The first-order valence-electron chi connectivity index (χ1n) is 8.08. The van der Waals surface area contributed by atoms with E-state index in [-0.39, 0.29) is 17.0 Å². The number of halogens is 1. The summed E-state index contributed by atoms with van der Waals surface area (Å²) in [7, 11) is 0. The minimum absolute atomic E-state index is 0.0316. The van der Waals surface area contributed by atoms with Crippen molar-refractivity contribution in [1.82, 2.24) is 9.38 Å². The molecular formula is C19H18FN3O3. The number of amides is 1. The molecule has 1 atom stereocenters. The second-order valence-corrected chi connectivity index (χ2v) is 5.99. The lowest BCUT2D eigenvalue weighted by Gasteiger charge is -2.16. The smallest absolute Gasteiger partial charge is 0.281 e. The topological polar surface area (TPSA) is 72.7 Å². The molecule has 0 spiro atoms. The molecule has 7 heteroatoms. The van der Waals surface area contributed by atoms with Crippen molar-refractivity contribution < 1.29 is 13.9 Å². The monoisotopic (exact) mass is 355 g/mol. The van der Waals surface area contributed by atoms with Crippen LogP contribution in [0, 0.1) is 19.7 Å². The van der Waals surface area contributed by atoms with Crippen LogP contribution in [0.25, 0.3) is 5.65 Å². The van der Waals surface area contributed by atoms with Crippen molar-refractivity contribution in [2.24, 2.45) is 0 Å². The summed E-state index contributed by atoms with van der Waals surface area (Å²) in [5, 5.41) is 2.55. The Labute approximate surface area is 149 Å². The fraction of sp³-hybridized carbons (Fsp3) is 0.211. The summed E-state index contributed by atoms with van der Waals surface area (Å²) in [6.45, 7) is 4.97. The van der Waals surface area contributed by atoms with E-state index in [4.69, 9.17) is 4.74 Å². The van der Waals surface area contributed by atoms with E-state index in [0.717, 1.165) is 5.56 Å². The number of aromatic nitrogens is 2. The van der Waals surface area contributed by atoms with Crippen molar-refractivity contribution in [3.63, 3.8) is 0 Å². The number of aryl methyl sites for hydroxylation is 2. The van der Waals surface area contributed by atoms with Gasteiger partial charge in [0.2, 0.25) is 0 Å². The number of ether oxygens (including phenoxy) is 1. The zero-order chi connectivity index (χ0) is 18.8. The first-order chi connectivity index (χ1) is 12.4. The van der Waals surface area contributed by atoms with Crippen LogP contribution >= 0.6 is 0 Å². The molecule has 6 nitrogen and oxygen atoms in total. The number of rotatable bonds is 4. The Morgan fingerprint density at radius 2 is 1.96 bits per heavy atom. The third kappa shape index (κ3) is 3.42. The van der Waals surface area contributed by atoms with Gasteiger partial charge >= 0.3 is 0 Å². The molecular weight excluding hydrogens is 337 g/mol. The number of nitrogens with one attached hydrogen (secondary N) is 1. The third-order valence-electron chi connectivity index (χ3n) is 3.91. The molecule has 0 bridgehead atoms. The average Bonchev–Trinajstić information content (AvgIpc) is 2.61. The molecule has 1 unspecified atom stereocenters. The standard InChI is InChI=1S/C19H18FN3O3/c1-11-8-9-16-21-12(2)17(19(25)23(16)10-11)22-18(24)13(3)26-15-7-5-4-6-14(15)20/h4-10,13H,1-3H3,(H,22,24). The van der Waals surface area contributed by atoms with E-state index in [1.165, 1.54) is 29.5 Å². The van der Waals surface area contributed by atoms with Crippen LogP contribution in [0.1, 0.15) is 18.2 Å².